The number of aromatic nitrogens is 7. The van der Waals surface area contributed by atoms with Crippen molar-refractivity contribution in [2.24, 2.45) is 35.2 Å². The molecule has 0 fully saturated rings. The van der Waals surface area contributed by atoms with E-state index in [9.17, 15) is 97.8 Å². The van der Waals surface area contributed by atoms with E-state index in [1.165, 1.54) is 77.0 Å². The number of aromatic carboxylic acids is 1. The van der Waals surface area contributed by atoms with Gasteiger partial charge >= 0.3 is 58.0 Å². The summed E-state index contributed by atoms with van der Waals surface area (Å²) in [6.45, 7) is 23.3. The van der Waals surface area contributed by atoms with Gasteiger partial charge in [0.25, 0.3) is 16.7 Å². The van der Waals surface area contributed by atoms with Crippen molar-refractivity contribution < 1.29 is 77.2 Å². The number of Topliss-reactive ketones (excluding diaryl/α,β-unsaturated/α-hetero) is 3. The molecule has 666 valence electrons. The number of benzene rings is 3. The Kier molecular flexibility index (Phi) is 38.9. The summed E-state index contributed by atoms with van der Waals surface area (Å²) in [6, 6.07) is 37.6. The fraction of sp³-hybridized carbons (Fsp3) is 0.303. The molecule has 0 saturated carbocycles. The first-order valence-electron chi connectivity index (χ1n) is 38.7. The third kappa shape index (κ3) is 25.9. The first-order valence-corrected chi connectivity index (χ1v) is 40.4. The molecule has 37 heteroatoms. The van der Waals surface area contributed by atoms with Crippen molar-refractivity contribution in [2.75, 3.05) is 26.4 Å². The summed E-state index contributed by atoms with van der Waals surface area (Å²) in [5.74, 6) is -5.94. The number of ketones is 3. The summed E-state index contributed by atoms with van der Waals surface area (Å²) in [4.78, 5) is 181. The first kappa shape index (κ1) is 103. The van der Waals surface area contributed by atoms with Gasteiger partial charge in [0, 0.05) is 112 Å². The predicted molar refractivity (Wildman–Crippen MR) is 478 cm³/mol. The molecule has 0 radical (unpaired) electrons. The van der Waals surface area contributed by atoms with Gasteiger partial charge in [0.15, 0.2) is 0 Å². The summed E-state index contributed by atoms with van der Waals surface area (Å²) >= 11 is 14.3. The van der Waals surface area contributed by atoms with E-state index in [2.05, 4.69) is 46.6 Å². The standard InChI is InChI=1S/C20H22N2O3.C18H18N2O3.C13H14NO3.C12H14N2O6.C8H9Br.C6H5ClN2O3.C6H4ClNO3.C6H10O3/c1-5-25-20(24)17-14(3)22(13(2)15-9-7-6-8-10-15)18-16(17)11-12-21(4)19(18)23;1-11(13-7-5-4-6-8-13)20-12(2)15(18(22)23)14-9-10-19(3)17(21)16(14)20;1-4-17-13(16)11-8(2)7-10-9(11)5-6-14(3)12(10)15;1-4-20-12(17)9(7(2)15)8-5-6-13(3)11(16)10(8)14(18)19;1-7(9)8-5-3-2-4-6-8;1-8-3-2-4(7)5(6(8)10)9(11)12;7-4-2-1-3-5(9)6(4)8(10)11;1-3-9-6(8)4-5(2)7/h6-13H,5H2,1-4H3;4-11H,1-3H3,(H,22,23);5-6H,1,4,7H2,2-3H3;5-6,9H,4H2,1-3H3;2-7H,1H3;2-3H,1H3;1-2H,3H2;3-4H2,1-2H3/q;;+1;;;;;. The van der Waals surface area contributed by atoms with Crippen molar-refractivity contribution in [1.29, 1.82) is 0 Å². The van der Waals surface area contributed by atoms with Crippen molar-refractivity contribution >= 4 is 125 Å². The number of carboxylic acids is 1. The van der Waals surface area contributed by atoms with Crippen molar-refractivity contribution in [3.8, 4) is 0 Å². The maximum Gasteiger partial charge on any atom is 0.352 e. The summed E-state index contributed by atoms with van der Waals surface area (Å²) in [6.07, 6.45) is 10.9. The molecule has 3 aromatic carbocycles. The zero-order valence-electron chi connectivity index (χ0n) is 72.0. The number of nitrogens with zero attached hydrogens (tertiary/aromatic N) is 10. The summed E-state index contributed by atoms with van der Waals surface area (Å²) in [5.41, 5.74) is 5.06. The molecule has 1 N–H and O–H groups in total. The third-order valence-corrected chi connectivity index (χ3v) is 20.3. The molecule has 4 atom stereocenters. The summed E-state index contributed by atoms with van der Waals surface area (Å²) in [7, 11) is 7.84. The zero-order valence-corrected chi connectivity index (χ0v) is 75.1. The number of halogens is 3. The summed E-state index contributed by atoms with van der Waals surface area (Å²) < 4.78 is 29.8. The lowest BCUT2D eigenvalue weighted by atomic mass is 9.95. The zero-order chi connectivity index (χ0) is 94.6. The molecule has 2 aliphatic rings. The van der Waals surface area contributed by atoms with E-state index < -0.39 is 90.3 Å². The van der Waals surface area contributed by atoms with Crippen molar-refractivity contribution in [3.63, 3.8) is 0 Å². The van der Waals surface area contributed by atoms with E-state index in [0.717, 1.165) is 38.5 Å². The lowest BCUT2D eigenvalue weighted by Gasteiger charge is -2.18. The molecule has 7 aromatic heterocycles. The molecule has 7 heterocycles. The van der Waals surface area contributed by atoms with Crippen LogP contribution in [0.25, 0.3) is 27.4 Å². The van der Waals surface area contributed by atoms with Crippen LogP contribution in [0.5, 0.6) is 0 Å². The Morgan fingerprint density at radius 1 is 0.540 bits per heavy atom. The number of fused-ring (bicyclic) bond motifs is 3. The number of hydrogen-bond donors (Lipinski definition) is 1. The highest BCUT2D eigenvalue weighted by Crippen LogP contribution is 2.35. The van der Waals surface area contributed by atoms with Crippen LogP contribution in [0.2, 0.25) is 5.02 Å². The van der Waals surface area contributed by atoms with Crippen LogP contribution in [-0.4, -0.2) is 125 Å². The maximum atomic E-state index is 12.8. The smallest absolute Gasteiger partial charge is 0.352 e. The Balaban J connectivity index is 0.000000262. The molecular weight excluding hydrogens is 1740 g/mol. The Bertz CT molecular complexity index is 6180. The van der Waals surface area contributed by atoms with E-state index in [0.29, 0.717) is 74.2 Å². The van der Waals surface area contributed by atoms with Gasteiger partial charge in [-0.1, -0.05) is 142 Å². The van der Waals surface area contributed by atoms with Crippen LogP contribution in [0.3, 0.4) is 0 Å². The average Bonchev–Trinajstić information content (AvgIpc) is 1.61. The SMILES string of the molecule is CC(Br)c1ccccc1.CCOC(=O)C(C(C)=O)c1ccn(C)c(=O)c1[N+](=O)[O-].CCOC(=O)CC(C)=O.CCOC(=O)c1c(C)n(C(C)c2ccccc2)c2c(=O)n(C)ccc12.Cc1c(C(=O)O)c2ccn(C)c(=O)c2n1C(C)c1ccccc1.Cn1ccc(Cl)c([N+](=O)[O-])c1=O.O=C1CC=CC(Cl)=C1[N+](=O)[O-].[CH2+]COC(=O)C1=C(C)Cc2c1ccn(C)c2=O. The number of pyridine rings is 5. The van der Waals surface area contributed by atoms with Crippen LogP contribution in [0.15, 0.2) is 205 Å². The quantitative estimate of drug-likeness (QED) is 0.0141. The largest absolute Gasteiger partial charge is 0.478 e. The molecule has 0 bridgehead atoms. The highest BCUT2D eigenvalue weighted by Gasteiger charge is 2.36. The molecule has 12 rings (SSSR count). The number of alkyl halides is 1. The topological polar surface area (TPSA) is 443 Å². The van der Waals surface area contributed by atoms with E-state index >= 15 is 0 Å². The fourth-order valence-corrected chi connectivity index (χ4v) is 13.9. The van der Waals surface area contributed by atoms with Crippen molar-refractivity contribution in [2.45, 2.75) is 118 Å². The van der Waals surface area contributed by atoms with Crippen LogP contribution >= 0.6 is 39.1 Å². The fourth-order valence-electron chi connectivity index (χ4n) is 13.1. The van der Waals surface area contributed by atoms with Gasteiger partial charge in [0.2, 0.25) is 12.4 Å². The monoisotopic (exact) mass is 1840 g/mol. The van der Waals surface area contributed by atoms with Gasteiger partial charge in [-0.05, 0) is 135 Å². The Hall–Kier alpha value is -13.8. The van der Waals surface area contributed by atoms with Crippen LogP contribution < -0.4 is 27.8 Å². The molecule has 0 saturated heterocycles. The number of carbonyl (C=O) groups is 8. The lowest BCUT2D eigenvalue weighted by molar-refractivity contribution is -0.419. The van der Waals surface area contributed by atoms with Gasteiger partial charge < -0.3 is 56.0 Å². The molecule has 0 spiro atoms. The normalized spacial score (nSPS) is 12.5. The van der Waals surface area contributed by atoms with Crippen LogP contribution in [0, 0.1) is 51.1 Å². The van der Waals surface area contributed by atoms with Gasteiger partial charge in [0.05, 0.1) is 68.9 Å². The first-order chi connectivity index (χ1) is 59.4. The van der Waals surface area contributed by atoms with Gasteiger partial charge in [-0.2, -0.15) is 0 Å². The Morgan fingerprint density at radius 2 is 0.968 bits per heavy atom. The molecule has 34 nitrogen and oxygen atoms in total. The molecule has 0 aliphatic heterocycles. The number of carbonyl (C=O) groups excluding carboxylic acids is 7. The van der Waals surface area contributed by atoms with Crippen molar-refractivity contribution in [1.82, 2.24) is 32.0 Å². The number of esters is 4. The average molecular weight is 1840 g/mol. The second-order valence-electron chi connectivity index (χ2n) is 27.9. The minimum Gasteiger partial charge on any atom is -0.478 e. The van der Waals surface area contributed by atoms with Gasteiger partial charge in [-0.15, -0.1) is 0 Å². The van der Waals surface area contributed by atoms with E-state index in [1.807, 2.05) is 122 Å². The second-order valence-corrected chi connectivity index (χ2v) is 30.1. The molecule has 4 unspecified atom stereocenters. The maximum absolute atomic E-state index is 12.8. The highest BCUT2D eigenvalue weighted by atomic mass is 79.9. The van der Waals surface area contributed by atoms with E-state index in [1.54, 1.807) is 79.6 Å². The molecule has 2 aliphatic carbocycles. The third-order valence-electron chi connectivity index (χ3n) is 19.2. The minimum absolute atomic E-state index is 0.0290. The van der Waals surface area contributed by atoms with E-state index in [-0.39, 0.29) is 81.8 Å². The van der Waals surface area contributed by atoms with Crippen LogP contribution in [0.1, 0.15) is 163 Å². The minimum atomic E-state index is -1.47. The molecular formula is C89H96BrCl2N10O24+. The van der Waals surface area contributed by atoms with Crippen molar-refractivity contribution in [3.05, 3.63) is 331 Å². The number of ether oxygens (including phenoxy) is 4. The highest BCUT2D eigenvalue weighted by molar-refractivity contribution is 9.09. The predicted octanol–water partition coefficient (Wildman–Crippen LogP) is 13.9. The number of aryl methyl sites for hydroxylation is 5. The van der Waals surface area contributed by atoms with E-state index in [4.69, 9.17) is 37.4 Å². The number of carboxylic acid groups (broad SMARTS) is 1. The number of hydrogen-bond acceptors (Lipinski definition) is 23. The van der Waals surface area contributed by atoms with Gasteiger partial charge in [-0.3, -0.25) is 78.3 Å². The molecule has 0 amide bonds. The van der Waals surface area contributed by atoms with Crippen LogP contribution in [-0.2, 0) is 89.4 Å². The van der Waals surface area contributed by atoms with Gasteiger partial charge in [0.1, 0.15) is 51.9 Å². The number of rotatable bonds is 20. The van der Waals surface area contributed by atoms with Crippen LogP contribution in [0.4, 0.5) is 11.4 Å². The number of nitro groups is 3. The van der Waals surface area contributed by atoms with Gasteiger partial charge in [-0.25, -0.2) is 14.4 Å². The molecule has 126 heavy (non-hydrogen) atoms. The lowest BCUT2D eigenvalue weighted by Crippen LogP contribution is -2.28. The second kappa shape index (κ2) is 47.7. The number of allylic oxidation sites excluding steroid dienone is 5. The summed E-state index contributed by atoms with van der Waals surface area (Å²) in [5, 5.41) is 42.0. The molecule has 10 aromatic rings. The Labute approximate surface area is 740 Å². The Morgan fingerprint density at radius 3 is 1.37 bits per heavy atom.